The van der Waals surface area contributed by atoms with Crippen molar-refractivity contribution < 1.29 is 4.79 Å². The molecule has 1 N–H and O–H groups in total. The zero-order chi connectivity index (χ0) is 18.8. The fourth-order valence-electron chi connectivity index (χ4n) is 3.54. The van der Waals surface area contributed by atoms with E-state index in [1.54, 1.807) is 0 Å². The Hall–Kier alpha value is -2.67. The number of fused-ring (bicyclic) bond motifs is 2. The summed E-state index contributed by atoms with van der Waals surface area (Å²) in [6.07, 6.45) is 5.73. The fourth-order valence-corrected chi connectivity index (χ4v) is 3.54. The lowest BCUT2D eigenvalue weighted by atomic mass is 10.2. The van der Waals surface area contributed by atoms with Crippen LogP contribution < -0.4 is 5.32 Å². The number of aromatic nitrogens is 4. The molecule has 3 aromatic heterocycles. The third-order valence-electron chi connectivity index (χ3n) is 5.09. The second-order valence-electron chi connectivity index (χ2n) is 7.37. The smallest absolute Gasteiger partial charge is 0.271 e. The average Bonchev–Trinajstić information content (AvgIpc) is 3.19. The van der Waals surface area contributed by atoms with Gasteiger partial charge < -0.3 is 9.72 Å². The standard InChI is InChI=1S/C20H26N6O/c1-15(2)24-10-5-11-26-17(14-24)12-18(23-26)20(27)21-8-7-16-13-25-9-4-3-6-19(25)22-16/h3-4,6,9,12-13,15H,5,7-8,10-11,14H2,1-2H3,(H,21,27). The van der Waals surface area contributed by atoms with Crippen LogP contribution in [-0.2, 0) is 19.5 Å². The van der Waals surface area contributed by atoms with E-state index in [4.69, 9.17) is 0 Å². The van der Waals surface area contributed by atoms with Gasteiger partial charge in [-0.2, -0.15) is 5.10 Å². The normalized spacial score (nSPS) is 15.1. The first-order valence-electron chi connectivity index (χ1n) is 9.62. The number of nitrogens with zero attached hydrogens (tertiary/aromatic N) is 5. The van der Waals surface area contributed by atoms with Crippen molar-refractivity contribution in [3.63, 3.8) is 0 Å². The van der Waals surface area contributed by atoms with Gasteiger partial charge in [0.1, 0.15) is 11.3 Å². The lowest BCUT2D eigenvalue weighted by Gasteiger charge is -2.23. The molecule has 0 saturated carbocycles. The molecule has 4 heterocycles. The summed E-state index contributed by atoms with van der Waals surface area (Å²) < 4.78 is 3.98. The Bertz CT molecular complexity index is 908. The van der Waals surface area contributed by atoms with E-state index >= 15 is 0 Å². The number of rotatable bonds is 5. The van der Waals surface area contributed by atoms with E-state index in [1.165, 1.54) is 0 Å². The van der Waals surface area contributed by atoms with E-state index in [0.717, 1.165) is 43.1 Å². The van der Waals surface area contributed by atoms with Crippen LogP contribution in [-0.4, -0.2) is 49.1 Å². The van der Waals surface area contributed by atoms with Crippen LogP contribution >= 0.6 is 0 Å². The second-order valence-corrected chi connectivity index (χ2v) is 7.37. The molecule has 0 radical (unpaired) electrons. The summed E-state index contributed by atoms with van der Waals surface area (Å²) in [6, 6.07) is 8.34. The van der Waals surface area contributed by atoms with Crippen LogP contribution in [0.25, 0.3) is 5.65 Å². The van der Waals surface area contributed by atoms with Crippen LogP contribution in [0.5, 0.6) is 0 Å². The second kappa shape index (κ2) is 7.52. The summed E-state index contributed by atoms with van der Waals surface area (Å²) in [6.45, 7) is 7.74. The van der Waals surface area contributed by atoms with Crippen molar-refractivity contribution in [2.75, 3.05) is 13.1 Å². The molecule has 7 heteroatoms. The molecule has 4 rings (SSSR count). The highest BCUT2D eigenvalue weighted by molar-refractivity contribution is 5.92. The van der Waals surface area contributed by atoms with Gasteiger partial charge in [-0.05, 0) is 38.5 Å². The highest BCUT2D eigenvalue weighted by Crippen LogP contribution is 2.16. The number of hydrogen-bond acceptors (Lipinski definition) is 4. The molecule has 1 aliphatic rings. The quantitative estimate of drug-likeness (QED) is 0.751. The molecule has 0 unspecified atom stereocenters. The molecule has 1 aliphatic heterocycles. The van der Waals surface area contributed by atoms with Gasteiger partial charge in [-0.1, -0.05) is 6.07 Å². The topological polar surface area (TPSA) is 67.5 Å². The summed E-state index contributed by atoms with van der Waals surface area (Å²) >= 11 is 0. The maximum atomic E-state index is 12.5. The third kappa shape index (κ3) is 3.88. The van der Waals surface area contributed by atoms with Crippen LogP contribution in [0, 0.1) is 0 Å². The Morgan fingerprint density at radius 3 is 3.00 bits per heavy atom. The summed E-state index contributed by atoms with van der Waals surface area (Å²) in [7, 11) is 0. The highest BCUT2D eigenvalue weighted by atomic mass is 16.1. The van der Waals surface area contributed by atoms with Crippen LogP contribution in [0.1, 0.15) is 42.1 Å². The monoisotopic (exact) mass is 366 g/mol. The van der Waals surface area contributed by atoms with Crippen molar-refractivity contribution in [1.82, 2.24) is 29.4 Å². The lowest BCUT2D eigenvalue weighted by molar-refractivity contribution is 0.0948. The Kier molecular flexibility index (Phi) is 4.94. The molecule has 27 heavy (non-hydrogen) atoms. The minimum Gasteiger partial charge on any atom is -0.350 e. The van der Waals surface area contributed by atoms with E-state index in [1.807, 2.05) is 45.7 Å². The van der Waals surface area contributed by atoms with Gasteiger partial charge in [0, 0.05) is 51.0 Å². The zero-order valence-corrected chi connectivity index (χ0v) is 15.9. The summed E-state index contributed by atoms with van der Waals surface area (Å²) in [5, 5.41) is 7.50. The molecule has 0 atom stereocenters. The number of aryl methyl sites for hydroxylation is 1. The number of nitrogens with one attached hydrogen (secondary N) is 1. The predicted octanol–water partition coefficient (Wildman–Crippen LogP) is 2.12. The Labute approximate surface area is 159 Å². The number of carbonyl (C=O) groups is 1. The van der Waals surface area contributed by atoms with Crippen molar-refractivity contribution in [2.24, 2.45) is 0 Å². The minimum absolute atomic E-state index is 0.115. The largest absolute Gasteiger partial charge is 0.350 e. The molecular weight excluding hydrogens is 340 g/mol. The minimum atomic E-state index is -0.115. The summed E-state index contributed by atoms with van der Waals surface area (Å²) in [5.74, 6) is -0.115. The van der Waals surface area contributed by atoms with E-state index < -0.39 is 0 Å². The van der Waals surface area contributed by atoms with E-state index in [0.29, 0.717) is 24.7 Å². The molecule has 7 nitrogen and oxygen atoms in total. The lowest BCUT2D eigenvalue weighted by Crippen LogP contribution is -2.30. The molecule has 0 aromatic carbocycles. The first kappa shape index (κ1) is 17.7. The van der Waals surface area contributed by atoms with Crippen LogP contribution in [0.15, 0.2) is 36.7 Å². The van der Waals surface area contributed by atoms with Crippen LogP contribution in [0.4, 0.5) is 0 Å². The molecule has 0 aliphatic carbocycles. The van der Waals surface area contributed by atoms with Gasteiger partial charge in [0.15, 0.2) is 0 Å². The highest BCUT2D eigenvalue weighted by Gasteiger charge is 2.20. The van der Waals surface area contributed by atoms with Crippen molar-refractivity contribution in [2.45, 2.75) is 45.8 Å². The molecule has 0 fully saturated rings. The number of carbonyl (C=O) groups excluding carboxylic acids is 1. The Morgan fingerprint density at radius 1 is 1.30 bits per heavy atom. The van der Waals surface area contributed by atoms with Gasteiger partial charge in [0.25, 0.3) is 5.91 Å². The van der Waals surface area contributed by atoms with E-state index in [2.05, 4.69) is 34.1 Å². The van der Waals surface area contributed by atoms with Crippen molar-refractivity contribution in [3.8, 4) is 0 Å². The fraction of sp³-hybridized carbons (Fsp3) is 0.450. The van der Waals surface area contributed by atoms with Gasteiger partial charge in [-0.3, -0.25) is 14.4 Å². The van der Waals surface area contributed by atoms with Crippen molar-refractivity contribution in [3.05, 3.63) is 53.7 Å². The van der Waals surface area contributed by atoms with Gasteiger partial charge in [-0.25, -0.2) is 4.98 Å². The predicted molar refractivity (Wildman–Crippen MR) is 104 cm³/mol. The number of imidazole rings is 1. The average molecular weight is 366 g/mol. The van der Waals surface area contributed by atoms with Gasteiger partial charge in [0.05, 0.1) is 11.4 Å². The van der Waals surface area contributed by atoms with Gasteiger partial charge in [0.2, 0.25) is 0 Å². The number of hydrogen-bond donors (Lipinski definition) is 1. The molecule has 0 bridgehead atoms. The summed E-state index contributed by atoms with van der Waals surface area (Å²) in [5.41, 5.74) is 3.51. The number of pyridine rings is 1. The Morgan fingerprint density at radius 2 is 2.19 bits per heavy atom. The molecule has 0 spiro atoms. The maximum absolute atomic E-state index is 12.5. The van der Waals surface area contributed by atoms with Crippen molar-refractivity contribution >= 4 is 11.6 Å². The Balaban J connectivity index is 1.36. The first-order valence-corrected chi connectivity index (χ1v) is 9.62. The first-order chi connectivity index (χ1) is 13.1. The molecule has 142 valence electrons. The molecular formula is C20H26N6O. The van der Waals surface area contributed by atoms with Gasteiger partial charge >= 0.3 is 0 Å². The SMILES string of the molecule is CC(C)N1CCCn2nc(C(=O)NCCc3cn4ccccc4n3)cc2C1. The molecule has 3 aromatic rings. The number of amides is 1. The molecule has 0 saturated heterocycles. The van der Waals surface area contributed by atoms with Crippen molar-refractivity contribution in [1.29, 1.82) is 0 Å². The van der Waals surface area contributed by atoms with E-state index in [9.17, 15) is 4.79 Å². The third-order valence-corrected chi connectivity index (χ3v) is 5.09. The maximum Gasteiger partial charge on any atom is 0.271 e. The molecule has 1 amide bonds. The van der Waals surface area contributed by atoms with Gasteiger partial charge in [-0.15, -0.1) is 0 Å². The van der Waals surface area contributed by atoms with E-state index in [-0.39, 0.29) is 5.91 Å². The summed E-state index contributed by atoms with van der Waals surface area (Å²) in [4.78, 5) is 19.5. The zero-order valence-electron chi connectivity index (χ0n) is 15.9. The van der Waals surface area contributed by atoms with Crippen LogP contribution in [0.2, 0.25) is 0 Å². The van der Waals surface area contributed by atoms with Crippen LogP contribution in [0.3, 0.4) is 0 Å².